The maximum absolute atomic E-state index is 12.7. The van der Waals surface area contributed by atoms with Gasteiger partial charge in [0.2, 0.25) is 5.78 Å². The highest BCUT2D eigenvalue weighted by Crippen LogP contribution is 2.35. The number of carbonyl (C=O) groups is 1. The van der Waals surface area contributed by atoms with Crippen molar-refractivity contribution in [3.63, 3.8) is 0 Å². The summed E-state index contributed by atoms with van der Waals surface area (Å²) in [6, 6.07) is 4.68. The first-order valence-electron chi connectivity index (χ1n) is 5.30. The van der Waals surface area contributed by atoms with Crippen molar-refractivity contribution in [2.45, 2.75) is 6.18 Å². The van der Waals surface area contributed by atoms with Gasteiger partial charge in [-0.2, -0.15) is 18.3 Å². The molecule has 0 aliphatic carbocycles. The number of ketones is 1. The SMILES string of the molecule is Cn1nccc1C(=O)c1cccc(C(F)(F)F)c1N. The fourth-order valence-corrected chi connectivity index (χ4v) is 1.75. The third kappa shape index (κ3) is 2.31. The Balaban J connectivity index is 2.53. The van der Waals surface area contributed by atoms with Crippen LogP contribution in [0.5, 0.6) is 0 Å². The van der Waals surface area contributed by atoms with Crippen LogP contribution in [0.2, 0.25) is 0 Å². The van der Waals surface area contributed by atoms with Crippen LogP contribution in [0.1, 0.15) is 21.6 Å². The Morgan fingerprint density at radius 2 is 2.00 bits per heavy atom. The molecule has 1 heterocycles. The molecule has 0 aliphatic rings. The second-order valence-electron chi connectivity index (χ2n) is 3.93. The molecule has 0 amide bonds. The van der Waals surface area contributed by atoms with Gasteiger partial charge in [-0.15, -0.1) is 0 Å². The van der Waals surface area contributed by atoms with E-state index in [-0.39, 0.29) is 11.3 Å². The molecule has 7 heteroatoms. The number of hydrogen-bond donors (Lipinski definition) is 1. The molecule has 0 spiro atoms. The molecular weight excluding hydrogens is 259 g/mol. The molecule has 0 unspecified atom stereocenters. The summed E-state index contributed by atoms with van der Waals surface area (Å²) < 4.78 is 39.4. The third-order valence-corrected chi connectivity index (χ3v) is 2.71. The molecule has 2 aromatic rings. The first-order valence-corrected chi connectivity index (χ1v) is 5.30. The van der Waals surface area contributed by atoms with Crippen LogP contribution in [-0.2, 0) is 13.2 Å². The van der Waals surface area contributed by atoms with Gasteiger partial charge in [-0.05, 0) is 18.2 Å². The third-order valence-electron chi connectivity index (χ3n) is 2.71. The zero-order valence-electron chi connectivity index (χ0n) is 9.90. The number of para-hydroxylation sites is 1. The number of rotatable bonds is 2. The Kier molecular flexibility index (Phi) is 3.05. The Morgan fingerprint density at radius 3 is 2.53 bits per heavy atom. The van der Waals surface area contributed by atoms with Gasteiger partial charge in [-0.1, -0.05) is 6.07 Å². The Hall–Kier alpha value is -2.31. The van der Waals surface area contributed by atoms with Crippen LogP contribution in [0.3, 0.4) is 0 Å². The smallest absolute Gasteiger partial charge is 0.398 e. The van der Waals surface area contributed by atoms with Crippen molar-refractivity contribution in [2.75, 3.05) is 5.73 Å². The highest BCUT2D eigenvalue weighted by atomic mass is 19.4. The summed E-state index contributed by atoms with van der Waals surface area (Å²) in [5.41, 5.74) is 3.86. The molecular formula is C12H10F3N3O. The van der Waals surface area contributed by atoms with E-state index in [1.165, 1.54) is 30.1 Å². The maximum Gasteiger partial charge on any atom is 0.418 e. The lowest BCUT2D eigenvalue weighted by Gasteiger charge is -2.12. The van der Waals surface area contributed by atoms with E-state index in [4.69, 9.17) is 5.73 Å². The topological polar surface area (TPSA) is 60.9 Å². The van der Waals surface area contributed by atoms with E-state index in [2.05, 4.69) is 5.10 Å². The van der Waals surface area contributed by atoms with Crippen LogP contribution >= 0.6 is 0 Å². The van der Waals surface area contributed by atoms with Crippen molar-refractivity contribution < 1.29 is 18.0 Å². The average Bonchev–Trinajstić information content (AvgIpc) is 2.73. The normalized spacial score (nSPS) is 11.6. The van der Waals surface area contributed by atoms with Crippen molar-refractivity contribution >= 4 is 11.5 Å². The lowest BCUT2D eigenvalue weighted by atomic mass is 10.0. The van der Waals surface area contributed by atoms with Crippen LogP contribution in [0.4, 0.5) is 18.9 Å². The number of nitrogen functional groups attached to an aromatic ring is 1. The van der Waals surface area contributed by atoms with E-state index in [0.717, 1.165) is 12.1 Å². The van der Waals surface area contributed by atoms with Gasteiger partial charge in [0.25, 0.3) is 0 Å². The lowest BCUT2D eigenvalue weighted by Crippen LogP contribution is -2.15. The van der Waals surface area contributed by atoms with Crippen molar-refractivity contribution in [2.24, 2.45) is 7.05 Å². The molecule has 19 heavy (non-hydrogen) atoms. The van der Waals surface area contributed by atoms with E-state index >= 15 is 0 Å². The summed E-state index contributed by atoms with van der Waals surface area (Å²) in [4.78, 5) is 12.1. The lowest BCUT2D eigenvalue weighted by molar-refractivity contribution is -0.136. The van der Waals surface area contributed by atoms with Crippen molar-refractivity contribution in [1.82, 2.24) is 9.78 Å². The van der Waals surface area contributed by atoms with E-state index in [0.29, 0.717) is 0 Å². The molecule has 0 aliphatic heterocycles. The van der Waals surface area contributed by atoms with Crippen molar-refractivity contribution in [1.29, 1.82) is 0 Å². The van der Waals surface area contributed by atoms with E-state index in [1.807, 2.05) is 0 Å². The zero-order chi connectivity index (χ0) is 14.2. The predicted octanol–water partition coefficient (Wildman–Crippen LogP) is 2.25. The summed E-state index contributed by atoms with van der Waals surface area (Å²) in [6.07, 6.45) is -3.20. The van der Waals surface area contributed by atoms with Crippen molar-refractivity contribution in [3.8, 4) is 0 Å². The maximum atomic E-state index is 12.7. The minimum atomic E-state index is -4.59. The number of nitrogens with zero attached hydrogens (tertiary/aromatic N) is 2. The van der Waals surface area contributed by atoms with Gasteiger partial charge in [0.15, 0.2) is 0 Å². The molecule has 0 atom stereocenters. The summed E-state index contributed by atoms with van der Waals surface area (Å²) in [6.45, 7) is 0. The molecule has 2 rings (SSSR count). The number of carbonyl (C=O) groups excluding carboxylic acids is 1. The Morgan fingerprint density at radius 1 is 1.32 bits per heavy atom. The number of alkyl halides is 3. The van der Waals surface area contributed by atoms with Gasteiger partial charge in [-0.25, -0.2) is 0 Å². The van der Waals surface area contributed by atoms with Gasteiger partial charge < -0.3 is 5.73 Å². The standard InChI is InChI=1S/C12H10F3N3O/c1-18-9(5-6-17-18)11(19)7-3-2-4-8(10(7)16)12(13,14)15/h2-6H,16H2,1H3. The minimum absolute atomic E-state index is 0.172. The molecule has 0 saturated heterocycles. The number of halogens is 3. The van der Waals surface area contributed by atoms with Crippen molar-refractivity contribution in [3.05, 3.63) is 47.3 Å². The van der Waals surface area contributed by atoms with Gasteiger partial charge in [-0.3, -0.25) is 9.48 Å². The molecule has 100 valence electrons. The number of benzene rings is 1. The number of nitrogens with two attached hydrogens (primary N) is 1. The number of anilines is 1. The van der Waals surface area contributed by atoms with Gasteiger partial charge in [0, 0.05) is 18.8 Å². The first kappa shape index (κ1) is 13.1. The Bertz CT molecular complexity index is 631. The fraction of sp³-hybridized carbons (Fsp3) is 0.167. The van der Waals surface area contributed by atoms with E-state index < -0.39 is 23.2 Å². The van der Waals surface area contributed by atoms with E-state index in [9.17, 15) is 18.0 Å². The van der Waals surface area contributed by atoms with Gasteiger partial charge in [0.05, 0.1) is 11.3 Å². The summed E-state index contributed by atoms with van der Waals surface area (Å²) in [5, 5.41) is 3.80. The van der Waals surface area contributed by atoms with Crippen LogP contribution in [-0.4, -0.2) is 15.6 Å². The Labute approximate surface area is 106 Å². The first-order chi connectivity index (χ1) is 8.82. The number of aromatic nitrogens is 2. The molecule has 0 saturated carbocycles. The van der Waals surface area contributed by atoms with Crippen LogP contribution in [0.15, 0.2) is 30.5 Å². The van der Waals surface area contributed by atoms with E-state index in [1.54, 1.807) is 0 Å². The second kappa shape index (κ2) is 4.42. The molecule has 0 radical (unpaired) electrons. The predicted molar refractivity (Wildman–Crippen MR) is 62.5 cm³/mol. The highest BCUT2D eigenvalue weighted by Gasteiger charge is 2.34. The molecule has 2 N–H and O–H groups in total. The largest absolute Gasteiger partial charge is 0.418 e. The average molecular weight is 269 g/mol. The van der Waals surface area contributed by atoms with Crippen LogP contribution in [0, 0.1) is 0 Å². The zero-order valence-corrected chi connectivity index (χ0v) is 9.90. The second-order valence-corrected chi connectivity index (χ2v) is 3.93. The van der Waals surface area contributed by atoms with Crippen LogP contribution < -0.4 is 5.73 Å². The molecule has 0 bridgehead atoms. The molecule has 4 nitrogen and oxygen atoms in total. The summed E-state index contributed by atoms with van der Waals surface area (Å²) in [7, 11) is 1.52. The molecule has 1 aromatic heterocycles. The monoisotopic (exact) mass is 269 g/mol. The minimum Gasteiger partial charge on any atom is -0.398 e. The number of hydrogen-bond acceptors (Lipinski definition) is 3. The summed E-state index contributed by atoms with van der Waals surface area (Å²) in [5.74, 6) is -0.594. The molecule has 0 fully saturated rings. The highest BCUT2D eigenvalue weighted by molar-refractivity contribution is 6.11. The number of aryl methyl sites for hydroxylation is 1. The van der Waals surface area contributed by atoms with Gasteiger partial charge in [0.1, 0.15) is 5.69 Å². The van der Waals surface area contributed by atoms with Gasteiger partial charge >= 0.3 is 6.18 Å². The quantitative estimate of drug-likeness (QED) is 0.672. The molecule has 1 aromatic carbocycles. The summed E-state index contributed by atoms with van der Waals surface area (Å²) >= 11 is 0. The van der Waals surface area contributed by atoms with Crippen LogP contribution in [0.25, 0.3) is 0 Å². The fourth-order valence-electron chi connectivity index (χ4n) is 1.75.